The Balaban J connectivity index is 2.88. The maximum absolute atomic E-state index is 11.0. The Hall–Kier alpha value is -1.19. The van der Waals surface area contributed by atoms with Crippen molar-refractivity contribution in [1.29, 1.82) is 0 Å². The third kappa shape index (κ3) is 1.15. The number of ether oxygens (including phenoxy) is 1. The Kier molecular flexibility index (Phi) is 1.76. The average molecular weight is 156 g/mol. The fraction of sp³-hybridized carbons (Fsp3) is 0.571. The molecule has 1 saturated heterocycles. The largest absolute Gasteiger partial charge is 0.454 e. The summed E-state index contributed by atoms with van der Waals surface area (Å²) in [5.74, 6) is -2.74. The smallest absolute Gasteiger partial charge is 0.324 e. The van der Waals surface area contributed by atoms with Crippen molar-refractivity contribution in [3.8, 4) is 0 Å². The number of rotatable bonds is 1. The van der Waals surface area contributed by atoms with Crippen LogP contribution in [0, 0.1) is 5.92 Å². The van der Waals surface area contributed by atoms with E-state index in [1.807, 2.05) is 0 Å². The van der Waals surface area contributed by atoms with Crippen LogP contribution < -0.4 is 0 Å². The molecule has 4 nitrogen and oxygen atoms in total. The van der Waals surface area contributed by atoms with Crippen molar-refractivity contribution in [2.24, 2.45) is 5.92 Å². The molecule has 4 heteroatoms. The van der Waals surface area contributed by atoms with Crippen LogP contribution in [-0.4, -0.2) is 23.6 Å². The van der Waals surface area contributed by atoms with Crippen molar-refractivity contribution in [3.63, 3.8) is 0 Å². The molecule has 0 spiro atoms. The summed E-state index contributed by atoms with van der Waals surface area (Å²) in [7, 11) is 0. The Morgan fingerprint density at radius 1 is 1.45 bits per heavy atom. The van der Waals surface area contributed by atoms with Crippen LogP contribution in [0.5, 0.6) is 0 Å². The Morgan fingerprint density at radius 3 is 2.18 bits per heavy atom. The lowest BCUT2D eigenvalue weighted by Crippen LogP contribution is -2.24. The highest BCUT2D eigenvalue weighted by Gasteiger charge is 2.43. The molecule has 2 atom stereocenters. The van der Waals surface area contributed by atoms with E-state index >= 15 is 0 Å². The average Bonchev–Trinajstić information content (AvgIpc) is 2.07. The van der Waals surface area contributed by atoms with E-state index in [0.717, 1.165) is 0 Å². The number of carbonyl (C=O) groups excluding carboxylic acids is 3. The van der Waals surface area contributed by atoms with Crippen molar-refractivity contribution < 1.29 is 19.1 Å². The van der Waals surface area contributed by atoms with Gasteiger partial charge >= 0.3 is 5.97 Å². The fourth-order valence-electron chi connectivity index (χ4n) is 1.02. The predicted octanol–water partition coefficient (Wildman–Crippen LogP) is -0.294. The first-order chi connectivity index (χ1) is 5.04. The second-order valence-corrected chi connectivity index (χ2v) is 2.53. The van der Waals surface area contributed by atoms with Crippen molar-refractivity contribution in [2.75, 3.05) is 0 Å². The summed E-state index contributed by atoms with van der Waals surface area (Å²) < 4.78 is 4.54. The van der Waals surface area contributed by atoms with Crippen LogP contribution in [0.4, 0.5) is 0 Å². The number of cyclic esters (lactones) is 1. The molecule has 0 aromatic heterocycles. The topological polar surface area (TPSA) is 60.4 Å². The molecule has 1 rings (SSSR count). The molecule has 11 heavy (non-hydrogen) atoms. The van der Waals surface area contributed by atoms with Crippen molar-refractivity contribution in [3.05, 3.63) is 0 Å². The molecule has 0 aromatic rings. The molecule has 0 N–H and O–H groups in total. The first-order valence-corrected chi connectivity index (χ1v) is 3.28. The maximum Gasteiger partial charge on any atom is 0.324 e. The molecule has 0 unspecified atom stereocenters. The predicted molar refractivity (Wildman–Crippen MR) is 34.7 cm³/mol. The van der Waals surface area contributed by atoms with Gasteiger partial charge in [0.25, 0.3) is 0 Å². The minimum atomic E-state index is -1.16. The van der Waals surface area contributed by atoms with E-state index in [4.69, 9.17) is 0 Å². The van der Waals surface area contributed by atoms with Gasteiger partial charge in [0.05, 0.1) is 0 Å². The zero-order valence-electron chi connectivity index (χ0n) is 6.29. The fourth-order valence-corrected chi connectivity index (χ4v) is 1.02. The SMILES string of the molecule is CC(=O)[C@H]1C(=O)O[C@@H](C)C1=O. The monoisotopic (exact) mass is 156 g/mol. The van der Waals surface area contributed by atoms with Crippen LogP contribution in [0.1, 0.15) is 13.8 Å². The van der Waals surface area contributed by atoms with Gasteiger partial charge in [-0.05, 0) is 13.8 Å². The molecule has 1 fully saturated rings. The summed E-state index contributed by atoms with van der Waals surface area (Å²) in [6.07, 6.45) is -0.753. The van der Waals surface area contributed by atoms with Crippen molar-refractivity contribution >= 4 is 17.5 Å². The van der Waals surface area contributed by atoms with Crippen LogP contribution >= 0.6 is 0 Å². The number of hydrogen-bond donors (Lipinski definition) is 0. The molecular formula is C7H8O4. The minimum absolute atomic E-state index is 0.428. The van der Waals surface area contributed by atoms with Gasteiger partial charge in [-0.25, -0.2) is 0 Å². The maximum atomic E-state index is 11.0. The highest BCUT2D eigenvalue weighted by molar-refractivity contribution is 6.21. The summed E-state index contributed by atoms with van der Waals surface area (Å²) in [6.45, 7) is 2.67. The van der Waals surface area contributed by atoms with Gasteiger partial charge in [-0.3, -0.25) is 14.4 Å². The lowest BCUT2D eigenvalue weighted by molar-refractivity contribution is -0.146. The van der Waals surface area contributed by atoms with Crippen LogP contribution in [0.15, 0.2) is 0 Å². The molecule has 0 radical (unpaired) electrons. The van der Waals surface area contributed by atoms with Crippen LogP contribution in [0.2, 0.25) is 0 Å². The highest BCUT2D eigenvalue weighted by Crippen LogP contribution is 2.17. The van der Waals surface area contributed by atoms with Gasteiger partial charge < -0.3 is 4.74 Å². The summed E-state index contributed by atoms with van der Waals surface area (Å²) in [6, 6.07) is 0. The number of carbonyl (C=O) groups is 3. The molecule has 1 heterocycles. The molecule has 0 aromatic carbocycles. The van der Waals surface area contributed by atoms with Gasteiger partial charge in [0.15, 0.2) is 23.6 Å². The molecule has 60 valence electrons. The van der Waals surface area contributed by atoms with Gasteiger partial charge in [0.1, 0.15) is 0 Å². The van der Waals surface area contributed by atoms with E-state index in [0.29, 0.717) is 0 Å². The standard InChI is InChI=1S/C7H8O4/c1-3(8)5-6(9)4(2)11-7(5)10/h4-5H,1-2H3/t4-,5+/m0/s1. The van der Waals surface area contributed by atoms with Crippen LogP contribution in [0.25, 0.3) is 0 Å². The van der Waals surface area contributed by atoms with Crippen LogP contribution in [-0.2, 0) is 19.1 Å². The second kappa shape index (κ2) is 2.45. The third-order valence-electron chi connectivity index (χ3n) is 1.62. The number of Topliss-reactive ketones (excluding diaryl/α,β-unsaturated/α-hetero) is 2. The molecule has 0 amide bonds. The molecule has 1 aliphatic heterocycles. The summed E-state index contributed by atoms with van der Waals surface area (Å²) >= 11 is 0. The van der Waals surface area contributed by atoms with E-state index < -0.39 is 29.6 Å². The van der Waals surface area contributed by atoms with Gasteiger partial charge in [-0.15, -0.1) is 0 Å². The highest BCUT2D eigenvalue weighted by atomic mass is 16.6. The van der Waals surface area contributed by atoms with Crippen molar-refractivity contribution in [1.82, 2.24) is 0 Å². The number of ketones is 2. The van der Waals surface area contributed by atoms with Crippen LogP contribution in [0.3, 0.4) is 0 Å². The van der Waals surface area contributed by atoms with Gasteiger partial charge in [-0.2, -0.15) is 0 Å². The Bertz CT molecular complexity index is 231. The molecule has 1 aliphatic rings. The molecule has 0 saturated carbocycles. The summed E-state index contributed by atoms with van der Waals surface area (Å²) in [5.41, 5.74) is 0. The van der Waals surface area contributed by atoms with E-state index in [1.165, 1.54) is 13.8 Å². The van der Waals surface area contributed by atoms with Gasteiger partial charge in [0.2, 0.25) is 0 Å². The third-order valence-corrected chi connectivity index (χ3v) is 1.62. The zero-order valence-corrected chi connectivity index (χ0v) is 6.29. The lowest BCUT2D eigenvalue weighted by atomic mass is 10.0. The normalized spacial score (nSPS) is 30.4. The van der Waals surface area contributed by atoms with E-state index in [2.05, 4.69) is 4.74 Å². The second-order valence-electron chi connectivity index (χ2n) is 2.53. The Labute approximate surface area is 63.5 Å². The lowest BCUT2D eigenvalue weighted by Gasteiger charge is -1.95. The first-order valence-electron chi connectivity index (χ1n) is 3.28. The molecular weight excluding hydrogens is 148 g/mol. The van der Waals surface area contributed by atoms with E-state index in [1.54, 1.807) is 0 Å². The quantitative estimate of drug-likeness (QED) is 0.386. The number of hydrogen-bond acceptors (Lipinski definition) is 4. The van der Waals surface area contributed by atoms with Crippen molar-refractivity contribution in [2.45, 2.75) is 20.0 Å². The Morgan fingerprint density at radius 2 is 2.00 bits per heavy atom. The van der Waals surface area contributed by atoms with Gasteiger partial charge in [0, 0.05) is 0 Å². The summed E-state index contributed by atoms with van der Waals surface area (Å²) in [4.78, 5) is 32.5. The molecule has 0 bridgehead atoms. The zero-order chi connectivity index (χ0) is 8.59. The molecule has 0 aliphatic carbocycles. The van der Waals surface area contributed by atoms with E-state index in [9.17, 15) is 14.4 Å². The minimum Gasteiger partial charge on any atom is -0.454 e. The first kappa shape index (κ1) is 7.91. The van der Waals surface area contributed by atoms with Gasteiger partial charge in [-0.1, -0.05) is 0 Å². The number of esters is 1. The van der Waals surface area contributed by atoms with E-state index in [-0.39, 0.29) is 0 Å². The summed E-state index contributed by atoms with van der Waals surface area (Å²) in [5, 5.41) is 0.